The second-order valence-corrected chi connectivity index (χ2v) is 8.37. The third-order valence-electron chi connectivity index (χ3n) is 4.82. The van der Waals surface area contributed by atoms with Crippen LogP contribution in [0.2, 0.25) is 5.02 Å². The van der Waals surface area contributed by atoms with Crippen molar-refractivity contribution < 1.29 is 19.1 Å². The first-order chi connectivity index (χ1) is 15.5. The number of anilines is 2. The summed E-state index contributed by atoms with van der Waals surface area (Å²) in [6.07, 6.45) is 0.853. The number of methoxy groups -OCH3 is 1. The van der Waals surface area contributed by atoms with Crippen molar-refractivity contribution in [1.29, 1.82) is 0 Å². The lowest BCUT2D eigenvalue weighted by Gasteiger charge is -2.17. The molecule has 1 aliphatic rings. The number of ether oxygens (including phenoxy) is 2. The van der Waals surface area contributed by atoms with E-state index in [4.69, 9.17) is 21.1 Å². The molecule has 1 aliphatic heterocycles. The number of rotatable bonds is 8. The molecule has 6 nitrogen and oxygen atoms in total. The molecule has 0 radical (unpaired) electrons. The summed E-state index contributed by atoms with van der Waals surface area (Å²) in [5, 5.41) is 5.44. The second kappa shape index (κ2) is 9.46. The summed E-state index contributed by atoms with van der Waals surface area (Å²) in [6, 6.07) is 15.7. The summed E-state index contributed by atoms with van der Waals surface area (Å²) in [5.41, 5.74) is 1.40. The van der Waals surface area contributed by atoms with Crippen molar-refractivity contribution >= 4 is 51.7 Å². The maximum atomic E-state index is 13.5. The molecule has 0 atom stereocenters. The van der Waals surface area contributed by atoms with Gasteiger partial charge < -0.3 is 14.8 Å². The molecule has 2 aromatic carbocycles. The molecule has 3 aromatic rings. The van der Waals surface area contributed by atoms with E-state index in [0.717, 1.165) is 11.3 Å². The monoisotopic (exact) mass is 468 g/mol. The number of benzene rings is 2. The number of hydrogen-bond acceptors (Lipinski definition) is 6. The maximum absolute atomic E-state index is 13.5. The number of halogens is 1. The minimum Gasteiger partial charge on any atom is -0.495 e. The van der Waals surface area contributed by atoms with Crippen LogP contribution in [0.15, 0.2) is 65.7 Å². The largest absolute Gasteiger partial charge is 0.495 e. The number of carbonyl (C=O) groups is 2. The van der Waals surface area contributed by atoms with Gasteiger partial charge in [0.25, 0.3) is 11.8 Å². The van der Waals surface area contributed by atoms with Crippen molar-refractivity contribution in [2.45, 2.75) is 13.3 Å². The number of carbonyl (C=O) groups excluding carboxylic acids is 2. The van der Waals surface area contributed by atoms with E-state index in [0.29, 0.717) is 45.0 Å². The first-order valence-electron chi connectivity index (χ1n) is 10.0. The molecule has 0 saturated carbocycles. The van der Waals surface area contributed by atoms with Crippen LogP contribution in [0.4, 0.5) is 11.4 Å². The van der Waals surface area contributed by atoms with Crippen LogP contribution in [0.25, 0.3) is 5.57 Å². The standard InChI is InChI=1S/C24H21ClN2O4S/c1-3-11-31-17-7-4-6-16(14-17)27-23(28)21(20-8-5-12-32-20)22(24(27)29)26-18-13-15(25)9-10-19(18)30-2/h4-10,12-14,26H,3,11H2,1-2H3. The molecular formula is C24H21ClN2O4S. The number of nitrogens with zero attached hydrogens (tertiary/aromatic N) is 1. The van der Waals surface area contributed by atoms with Gasteiger partial charge in [0.05, 0.1) is 30.7 Å². The van der Waals surface area contributed by atoms with Gasteiger partial charge in [-0.1, -0.05) is 30.7 Å². The molecular weight excluding hydrogens is 448 g/mol. The number of imide groups is 1. The van der Waals surface area contributed by atoms with Gasteiger partial charge in [-0.15, -0.1) is 11.3 Å². The summed E-state index contributed by atoms with van der Waals surface area (Å²) >= 11 is 7.54. The Morgan fingerprint density at radius 2 is 1.91 bits per heavy atom. The highest BCUT2D eigenvalue weighted by Gasteiger charge is 2.41. The lowest BCUT2D eigenvalue weighted by Crippen LogP contribution is -2.32. The average Bonchev–Trinajstić information content (AvgIpc) is 3.39. The van der Waals surface area contributed by atoms with Gasteiger partial charge in [0.1, 0.15) is 17.2 Å². The summed E-state index contributed by atoms with van der Waals surface area (Å²) in [7, 11) is 1.53. The Bertz CT molecular complexity index is 1190. The summed E-state index contributed by atoms with van der Waals surface area (Å²) in [4.78, 5) is 28.8. The van der Waals surface area contributed by atoms with Gasteiger partial charge in [-0.05, 0) is 48.2 Å². The molecule has 0 saturated heterocycles. The highest BCUT2D eigenvalue weighted by Crippen LogP contribution is 2.38. The zero-order valence-corrected chi connectivity index (χ0v) is 19.1. The number of amides is 2. The van der Waals surface area contributed by atoms with Crippen LogP contribution in [0.5, 0.6) is 11.5 Å². The van der Waals surface area contributed by atoms with E-state index in [-0.39, 0.29) is 5.70 Å². The molecule has 0 fully saturated rings. The normalized spacial score (nSPS) is 13.7. The van der Waals surface area contributed by atoms with E-state index in [1.807, 2.05) is 24.4 Å². The minimum atomic E-state index is -0.465. The number of nitrogens with one attached hydrogen (secondary N) is 1. The van der Waals surface area contributed by atoms with Crippen LogP contribution < -0.4 is 19.7 Å². The van der Waals surface area contributed by atoms with Crippen LogP contribution in [-0.4, -0.2) is 25.5 Å². The fourth-order valence-corrected chi connectivity index (χ4v) is 4.31. The van der Waals surface area contributed by atoms with Crippen LogP contribution in [0.1, 0.15) is 18.2 Å². The van der Waals surface area contributed by atoms with Crippen molar-refractivity contribution in [3.05, 3.63) is 75.6 Å². The van der Waals surface area contributed by atoms with Crippen molar-refractivity contribution in [1.82, 2.24) is 0 Å². The second-order valence-electron chi connectivity index (χ2n) is 6.99. The fraction of sp³-hybridized carbons (Fsp3) is 0.167. The third-order valence-corrected chi connectivity index (χ3v) is 5.94. The van der Waals surface area contributed by atoms with Crippen LogP contribution in [0.3, 0.4) is 0 Å². The Morgan fingerprint density at radius 3 is 2.62 bits per heavy atom. The average molecular weight is 469 g/mol. The Morgan fingerprint density at radius 1 is 1.06 bits per heavy atom. The molecule has 0 bridgehead atoms. The highest BCUT2D eigenvalue weighted by atomic mass is 35.5. The van der Waals surface area contributed by atoms with Crippen molar-refractivity contribution in [3.8, 4) is 11.5 Å². The van der Waals surface area contributed by atoms with Crippen LogP contribution in [0, 0.1) is 0 Å². The van der Waals surface area contributed by atoms with Gasteiger partial charge >= 0.3 is 0 Å². The zero-order valence-electron chi connectivity index (χ0n) is 17.6. The first-order valence-corrected chi connectivity index (χ1v) is 11.3. The molecule has 2 heterocycles. The van der Waals surface area contributed by atoms with Gasteiger partial charge in [0.2, 0.25) is 0 Å². The Kier molecular flexibility index (Phi) is 6.48. The van der Waals surface area contributed by atoms with E-state index in [1.165, 1.54) is 18.4 Å². The number of thiophene rings is 1. The van der Waals surface area contributed by atoms with E-state index < -0.39 is 11.8 Å². The van der Waals surface area contributed by atoms with E-state index in [1.54, 1.807) is 42.5 Å². The lowest BCUT2D eigenvalue weighted by molar-refractivity contribution is -0.120. The SMILES string of the molecule is CCCOc1cccc(N2C(=O)C(Nc3cc(Cl)ccc3OC)=C(c3cccs3)C2=O)c1. The molecule has 0 aliphatic carbocycles. The molecule has 4 rings (SSSR count). The summed E-state index contributed by atoms with van der Waals surface area (Å²) < 4.78 is 11.1. The van der Waals surface area contributed by atoms with Crippen molar-refractivity contribution in [2.24, 2.45) is 0 Å². The smallest absolute Gasteiger partial charge is 0.282 e. The minimum absolute atomic E-state index is 0.165. The predicted molar refractivity (Wildman–Crippen MR) is 128 cm³/mol. The summed E-state index contributed by atoms with van der Waals surface area (Å²) in [5.74, 6) is 0.225. The highest BCUT2D eigenvalue weighted by molar-refractivity contribution is 7.11. The predicted octanol–water partition coefficient (Wildman–Crippen LogP) is 5.60. The van der Waals surface area contributed by atoms with Crippen molar-refractivity contribution in [3.63, 3.8) is 0 Å². The maximum Gasteiger partial charge on any atom is 0.282 e. The van der Waals surface area contributed by atoms with E-state index >= 15 is 0 Å². The molecule has 0 spiro atoms. The first kappa shape index (κ1) is 21.9. The van der Waals surface area contributed by atoms with E-state index in [2.05, 4.69) is 5.32 Å². The molecule has 0 unspecified atom stereocenters. The van der Waals surface area contributed by atoms with E-state index in [9.17, 15) is 9.59 Å². The zero-order chi connectivity index (χ0) is 22.7. The van der Waals surface area contributed by atoms with Gasteiger partial charge in [-0.3, -0.25) is 9.59 Å². The molecule has 164 valence electrons. The van der Waals surface area contributed by atoms with Crippen LogP contribution >= 0.6 is 22.9 Å². The lowest BCUT2D eigenvalue weighted by atomic mass is 10.1. The molecule has 1 N–H and O–H groups in total. The quantitative estimate of drug-likeness (QED) is 0.436. The Balaban J connectivity index is 1.76. The fourth-order valence-electron chi connectivity index (χ4n) is 3.37. The molecule has 2 amide bonds. The van der Waals surface area contributed by atoms with Gasteiger partial charge in [0.15, 0.2) is 0 Å². The summed E-state index contributed by atoms with van der Waals surface area (Å²) in [6.45, 7) is 2.56. The Labute approximate surface area is 195 Å². The molecule has 8 heteroatoms. The van der Waals surface area contributed by atoms with Gasteiger partial charge in [-0.2, -0.15) is 0 Å². The molecule has 32 heavy (non-hydrogen) atoms. The molecule has 1 aromatic heterocycles. The number of hydrogen-bond donors (Lipinski definition) is 1. The van der Waals surface area contributed by atoms with Gasteiger partial charge in [0, 0.05) is 16.0 Å². The van der Waals surface area contributed by atoms with Gasteiger partial charge in [-0.25, -0.2) is 4.90 Å². The van der Waals surface area contributed by atoms with Crippen molar-refractivity contribution in [2.75, 3.05) is 23.9 Å². The topological polar surface area (TPSA) is 67.9 Å². The Hall–Kier alpha value is -3.29. The van der Waals surface area contributed by atoms with Crippen LogP contribution in [-0.2, 0) is 9.59 Å². The third kappa shape index (κ3) is 4.22.